The molecular formula is C20H34ClN3O4. The third-order valence-corrected chi connectivity index (χ3v) is 4.08. The number of amides is 2. The smallest absolute Gasteiger partial charge is 0.239 e. The molecule has 28 heavy (non-hydrogen) atoms. The van der Waals surface area contributed by atoms with Crippen molar-refractivity contribution in [2.45, 2.75) is 46.7 Å². The van der Waals surface area contributed by atoms with E-state index < -0.39 is 6.04 Å². The molecule has 0 bridgehead atoms. The SMILES string of the molecule is COc1cc(C(C)NC(=O)CNC(=O)[C@@H](N)C(C)C)ccc1OCC(C)C.Cl. The zero-order chi connectivity index (χ0) is 20.6. The van der Waals surface area contributed by atoms with Crippen LogP contribution in [0.4, 0.5) is 0 Å². The highest BCUT2D eigenvalue weighted by Gasteiger charge is 2.18. The van der Waals surface area contributed by atoms with Gasteiger partial charge in [-0.15, -0.1) is 12.4 Å². The van der Waals surface area contributed by atoms with Crippen molar-refractivity contribution in [3.8, 4) is 11.5 Å². The van der Waals surface area contributed by atoms with Crippen LogP contribution < -0.4 is 25.8 Å². The summed E-state index contributed by atoms with van der Waals surface area (Å²) in [6.45, 7) is 10.2. The van der Waals surface area contributed by atoms with Crippen molar-refractivity contribution in [1.29, 1.82) is 0 Å². The van der Waals surface area contributed by atoms with E-state index in [0.29, 0.717) is 24.0 Å². The highest BCUT2D eigenvalue weighted by molar-refractivity contribution is 5.87. The van der Waals surface area contributed by atoms with Gasteiger partial charge in [0, 0.05) is 0 Å². The first-order valence-corrected chi connectivity index (χ1v) is 9.29. The zero-order valence-electron chi connectivity index (χ0n) is 17.6. The number of rotatable bonds is 10. The fourth-order valence-electron chi connectivity index (χ4n) is 2.29. The summed E-state index contributed by atoms with van der Waals surface area (Å²) < 4.78 is 11.1. The Morgan fingerprint density at radius 3 is 2.29 bits per heavy atom. The van der Waals surface area contributed by atoms with Gasteiger partial charge in [-0.3, -0.25) is 9.59 Å². The third-order valence-electron chi connectivity index (χ3n) is 4.08. The van der Waals surface area contributed by atoms with E-state index in [1.165, 1.54) is 0 Å². The van der Waals surface area contributed by atoms with Gasteiger partial charge in [0.2, 0.25) is 11.8 Å². The summed E-state index contributed by atoms with van der Waals surface area (Å²) in [5.41, 5.74) is 6.64. The Morgan fingerprint density at radius 2 is 1.75 bits per heavy atom. The second-order valence-corrected chi connectivity index (χ2v) is 7.39. The van der Waals surface area contributed by atoms with Crippen LogP contribution in [0.15, 0.2) is 18.2 Å². The first-order chi connectivity index (χ1) is 12.6. The van der Waals surface area contributed by atoms with Crippen LogP contribution >= 0.6 is 12.4 Å². The van der Waals surface area contributed by atoms with Gasteiger partial charge in [0.1, 0.15) is 0 Å². The number of hydrogen-bond donors (Lipinski definition) is 3. The summed E-state index contributed by atoms with van der Waals surface area (Å²) in [4.78, 5) is 23.9. The lowest BCUT2D eigenvalue weighted by molar-refractivity contribution is -0.127. The molecule has 0 aliphatic heterocycles. The predicted molar refractivity (Wildman–Crippen MR) is 113 cm³/mol. The molecule has 1 unspecified atom stereocenters. The van der Waals surface area contributed by atoms with Gasteiger partial charge in [-0.05, 0) is 36.5 Å². The monoisotopic (exact) mass is 415 g/mol. The van der Waals surface area contributed by atoms with Crippen molar-refractivity contribution in [1.82, 2.24) is 10.6 Å². The van der Waals surface area contributed by atoms with Gasteiger partial charge in [-0.25, -0.2) is 0 Å². The topological polar surface area (TPSA) is 103 Å². The number of nitrogens with two attached hydrogens (primary N) is 1. The van der Waals surface area contributed by atoms with Crippen molar-refractivity contribution in [2.75, 3.05) is 20.3 Å². The Morgan fingerprint density at radius 1 is 1.11 bits per heavy atom. The van der Waals surface area contributed by atoms with Gasteiger partial charge in [0.05, 0.1) is 32.3 Å². The number of ether oxygens (including phenoxy) is 2. The molecule has 0 saturated carbocycles. The summed E-state index contributed by atoms with van der Waals surface area (Å²) in [5, 5.41) is 5.41. The van der Waals surface area contributed by atoms with E-state index in [4.69, 9.17) is 15.2 Å². The highest BCUT2D eigenvalue weighted by Crippen LogP contribution is 2.30. The largest absolute Gasteiger partial charge is 0.493 e. The molecule has 1 aromatic carbocycles. The van der Waals surface area contributed by atoms with Crippen LogP contribution in [-0.4, -0.2) is 38.1 Å². The maximum atomic E-state index is 12.1. The first kappa shape index (κ1) is 26.0. The quantitative estimate of drug-likeness (QED) is 0.544. The van der Waals surface area contributed by atoms with Crippen LogP contribution in [0.2, 0.25) is 0 Å². The van der Waals surface area contributed by atoms with E-state index in [-0.39, 0.29) is 42.7 Å². The number of carbonyl (C=O) groups excluding carboxylic acids is 2. The van der Waals surface area contributed by atoms with E-state index in [9.17, 15) is 9.59 Å². The molecule has 0 saturated heterocycles. The fourth-order valence-corrected chi connectivity index (χ4v) is 2.29. The van der Waals surface area contributed by atoms with E-state index >= 15 is 0 Å². The molecular weight excluding hydrogens is 382 g/mol. The Kier molecular flexibility index (Phi) is 11.6. The summed E-state index contributed by atoms with van der Waals surface area (Å²) in [6, 6.07) is 4.69. The summed E-state index contributed by atoms with van der Waals surface area (Å²) in [5.74, 6) is 1.09. The number of halogens is 1. The molecule has 0 fully saturated rings. The number of methoxy groups -OCH3 is 1. The van der Waals surface area contributed by atoms with Gasteiger partial charge < -0.3 is 25.8 Å². The van der Waals surface area contributed by atoms with Crippen LogP contribution in [-0.2, 0) is 9.59 Å². The lowest BCUT2D eigenvalue weighted by atomic mass is 10.1. The number of benzene rings is 1. The molecule has 1 aromatic rings. The van der Waals surface area contributed by atoms with E-state index in [2.05, 4.69) is 24.5 Å². The Hall–Kier alpha value is -1.99. The second-order valence-electron chi connectivity index (χ2n) is 7.39. The molecule has 8 heteroatoms. The molecule has 2 amide bonds. The lowest BCUT2D eigenvalue weighted by Crippen LogP contribution is -2.47. The van der Waals surface area contributed by atoms with E-state index in [1.807, 2.05) is 39.0 Å². The van der Waals surface area contributed by atoms with Crippen molar-refractivity contribution in [2.24, 2.45) is 17.6 Å². The zero-order valence-corrected chi connectivity index (χ0v) is 18.4. The van der Waals surface area contributed by atoms with Crippen LogP contribution in [0.25, 0.3) is 0 Å². The molecule has 0 spiro atoms. The molecule has 0 aliphatic carbocycles. The molecule has 1 rings (SSSR count). The average molecular weight is 416 g/mol. The fraction of sp³-hybridized carbons (Fsp3) is 0.600. The van der Waals surface area contributed by atoms with Crippen molar-refractivity contribution < 1.29 is 19.1 Å². The molecule has 0 aromatic heterocycles. The maximum Gasteiger partial charge on any atom is 0.239 e. The van der Waals surface area contributed by atoms with Crippen LogP contribution in [0.3, 0.4) is 0 Å². The summed E-state index contributed by atoms with van der Waals surface area (Å²) in [6.07, 6.45) is 0. The van der Waals surface area contributed by atoms with Crippen LogP contribution in [0.1, 0.15) is 46.2 Å². The number of hydrogen-bond acceptors (Lipinski definition) is 5. The Labute approximate surface area is 174 Å². The highest BCUT2D eigenvalue weighted by atomic mass is 35.5. The third kappa shape index (κ3) is 8.35. The molecule has 160 valence electrons. The summed E-state index contributed by atoms with van der Waals surface area (Å²) >= 11 is 0. The molecule has 0 heterocycles. The Balaban J connectivity index is 0.00000729. The number of carbonyl (C=O) groups is 2. The minimum absolute atomic E-state index is 0. The Bertz CT molecular complexity index is 638. The van der Waals surface area contributed by atoms with Gasteiger partial charge in [0.15, 0.2) is 11.5 Å². The molecule has 0 radical (unpaired) electrons. The number of nitrogens with one attached hydrogen (secondary N) is 2. The standard InChI is InChI=1S/C20H33N3O4.ClH/c1-12(2)11-27-16-8-7-15(9-17(16)26-6)14(5)23-18(24)10-22-20(25)19(21)13(3)4;/h7-9,12-14,19H,10-11,21H2,1-6H3,(H,22,25)(H,23,24);1H/t14?,19-;/m0./s1. The van der Waals surface area contributed by atoms with Gasteiger partial charge in [-0.1, -0.05) is 33.8 Å². The first-order valence-electron chi connectivity index (χ1n) is 9.29. The minimum Gasteiger partial charge on any atom is -0.493 e. The van der Waals surface area contributed by atoms with Crippen molar-refractivity contribution in [3.63, 3.8) is 0 Å². The van der Waals surface area contributed by atoms with Crippen molar-refractivity contribution >= 4 is 24.2 Å². The minimum atomic E-state index is -0.627. The summed E-state index contributed by atoms with van der Waals surface area (Å²) in [7, 11) is 1.58. The normalized spacial score (nSPS) is 12.8. The van der Waals surface area contributed by atoms with E-state index in [1.54, 1.807) is 7.11 Å². The second kappa shape index (κ2) is 12.5. The lowest BCUT2D eigenvalue weighted by Gasteiger charge is -2.19. The van der Waals surface area contributed by atoms with Gasteiger partial charge in [-0.2, -0.15) is 0 Å². The molecule has 0 aliphatic rings. The van der Waals surface area contributed by atoms with Gasteiger partial charge in [0.25, 0.3) is 0 Å². The van der Waals surface area contributed by atoms with E-state index in [0.717, 1.165) is 5.56 Å². The van der Waals surface area contributed by atoms with Crippen LogP contribution in [0, 0.1) is 11.8 Å². The van der Waals surface area contributed by atoms with Crippen LogP contribution in [0.5, 0.6) is 11.5 Å². The average Bonchev–Trinajstić information content (AvgIpc) is 2.63. The van der Waals surface area contributed by atoms with Crippen molar-refractivity contribution in [3.05, 3.63) is 23.8 Å². The maximum absolute atomic E-state index is 12.1. The molecule has 4 N–H and O–H groups in total. The molecule has 7 nitrogen and oxygen atoms in total. The van der Waals surface area contributed by atoms with Gasteiger partial charge >= 0.3 is 0 Å². The predicted octanol–water partition coefficient (Wildman–Crippen LogP) is 2.43. The molecule has 2 atom stereocenters.